The monoisotopic (exact) mass is 511 g/mol. The largest absolute Gasteiger partial charge is 0.434 e. The van der Waals surface area contributed by atoms with Crippen LogP contribution in [0.3, 0.4) is 0 Å². The average molecular weight is 511 g/mol. The smallest absolute Gasteiger partial charge is 0.333 e. The minimum Gasteiger partial charge on any atom is -0.333 e. The summed E-state index contributed by atoms with van der Waals surface area (Å²) in [5.41, 5.74) is 0.960. The van der Waals surface area contributed by atoms with Crippen LogP contribution in [0, 0.1) is 5.82 Å². The van der Waals surface area contributed by atoms with Crippen LogP contribution in [0.1, 0.15) is 36.7 Å². The lowest BCUT2D eigenvalue weighted by atomic mass is 10.0. The first kappa shape index (κ1) is 24.3. The minimum atomic E-state index is -4.61. The highest BCUT2D eigenvalue weighted by molar-refractivity contribution is 5.73. The molecule has 0 amide bonds. The number of hydrogen-bond donors (Lipinski definition) is 1. The van der Waals surface area contributed by atoms with E-state index in [9.17, 15) is 18.0 Å². The average Bonchev–Trinajstić information content (AvgIpc) is 3.39. The van der Waals surface area contributed by atoms with Gasteiger partial charge in [0.15, 0.2) is 17.2 Å². The van der Waals surface area contributed by atoms with Crippen molar-refractivity contribution in [3.8, 4) is 22.8 Å². The molecule has 8 nitrogen and oxygen atoms in total. The van der Waals surface area contributed by atoms with Gasteiger partial charge in [0.2, 0.25) is 0 Å². The molecule has 0 aliphatic carbocycles. The summed E-state index contributed by atoms with van der Waals surface area (Å²) < 4.78 is 56.6. The van der Waals surface area contributed by atoms with Crippen molar-refractivity contribution in [1.29, 1.82) is 0 Å². The van der Waals surface area contributed by atoms with Crippen molar-refractivity contribution in [3.63, 3.8) is 0 Å². The Morgan fingerprint density at radius 2 is 1.89 bits per heavy atom. The SMILES string of the molecule is CC(C)c1ncccc1-c1ncc2[nH]c(=O)n(Cc3ccc(-c4nc(C(F)(F)F)cn4C)cc3F)c2n1. The van der Waals surface area contributed by atoms with Crippen LogP contribution in [0.2, 0.25) is 0 Å². The standard InChI is InChI=1S/C25H21F4N7O/c1-13(2)20-16(5-4-8-30-20)21-31-10-18-23(34-21)36(24(37)32-18)11-15-7-6-14(9-17(15)26)22-33-19(12-35(22)3)25(27,28)29/h4-10,12-13H,11H2,1-3H3,(H,32,37). The zero-order valence-electron chi connectivity index (χ0n) is 20.0. The van der Waals surface area contributed by atoms with Gasteiger partial charge in [0.05, 0.1) is 18.4 Å². The summed E-state index contributed by atoms with van der Waals surface area (Å²) in [6.07, 6.45) is -0.593. The Balaban J connectivity index is 1.52. The van der Waals surface area contributed by atoms with Crippen molar-refractivity contribution >= 4 is 11.2 Å². The highest BCUT2D eigenvalue weighted by Crippen LogP contribution is 2.31. The quantitative estimate of drug-likeness (QED) is 0.339. The molecule has 0 atom stereocenters. The summed E-state index contributed by atoms with van der Waals surface area (Å²) in [4.78, 5) is 32.3. The van der Waals surface area contributed by atoms with Crippen LogP contribution in [0.25, 0.3) is 33.9 Å². The highest BCUT2D eigenvalue weighted by atomic mass is 19.4. The zero-order valence-corrected chi connectivity index (χ0v) is 20.0. The second-order valence-electron chi connectivity index (χ2n) is 8.90. The third-order valence-corrected chi connectivity index (χ3v) is 5.94. The maximum absolute atomic E-state index is 15.1. The van der Waals surface area contributed by atoms with E-state index in [4.69, 9.17) is 0 Å². The second-order valence-corrected chi connectivity index (χ2v) is 8.90. The van der Waals surface area contributed by atoms with E-state index in [2.05, 4.69) is 24.9 Å². The van der Waals surface area contributed by atoms with E-state index in [0.717, 1.165) is 23.5 Å². The van der Waals surface area contributed by atoms with Gasteiger partial charge in [-0.3, -0.25) is 9.55 Å². The third-order valence-electron chi connectivity index (χ3n) is 5.94. The first-order chi connectivity index (χ1) is 17.5. The van der Waals surface area contributed by atoms with Gasteiger partial charge in [0.1, 0.15) is 17.2 Å². The Morgan fingerprint density at radius 3 is 2.57 bits per heavy atom. The Bertz CT molecular complexity index is 1680. The number of fused-ring (bicyclic) bond motifs is 1. The summed E-state index contributed by atoms with van der Waals surface area (Å²) in [7, 11) is 1.40. The molecule has 5 rings (SSSR count). The van der Waals surface area contributed by atoms with Crippen molar-refractivity contribution in [1.82, 2.24) is 34.1 Å². The molecule has 37 heavy (non-hydrogen) atoms. The number of H-pyrrole nitrogens is 1. The Labute approximate surface area is 207 Å². The molecule has 0 radical (unpaired) electrons. The van der Waals surface area contributed by atoms with Crippen LogP contribution < -0.4 is 5.69 Å². The van der Waals surface area contributed by atoms with E-state index < -0.39 is 23.4 Å². The van der Waals surface area contributed by atoms with E-state index in [1.54, 1.807) is 12.3 Å². The molecule has 0 saturated carbocycles. The number of pyridine rings is 1. The van der Waals surface area contributed by atoms with Gasteiger partial charge < -0.3 is 9.55 Å². The van der Waals surface area contributed by atoms with Crippen LogP contribution in [0.4, 0.5) is 17.6 Å². The number of aryl methyl sites for hydroxylation is 1. The van der Waals surface area contributed by atoms with Gasteiger partial charge in [-0.1, -0.05) is 26.0 Å². The van der Waals surface area contributed by atoms with E-state index in [-0.39, 0.29) is 35.1 Å². The number of benzene rings is 1. The summed E-state index contributed by atoms with van der Waals surface area (Å²) >= 11 is 0. The van der Waals surface area contributed by atoms with E-state index in [0.29, 0.717) is 11.3 Å². The normalized spacial score (nSPS) is 12.1. The van der Waals surface area contributed by atoms with Gasteiger partial charge in [0, 0.05) is 36.1 Å². The molecule has 0 spiro atoms. The number of rotatable bonds is 5. The predicted molar refractivity (Wildman–Crippen MR) is 128 cm³/mol. The molecular weight excluding hydrogens is 490 g/mol. The van der Waals surface area contributed by atoms with Gasteiger partial charge in [-0.15, -0.1) is 0 Å². The first-order valence-electron chi connectivity index (χ1n) is 11.3. The van der Waals surface area contributed by atoms with Gasteiger partial charge in [-0.25, -0.2) is 24.1 Å². The number of imidazole rings is 2. The first-order valence-corrected chi connectivity index (χ1v) is 11.3. The Morgan fingerprint density at radius 1 is 1.11 bits per heavy atom. The van der Waals surface area contributed by atoms with Crippen LogP contribution in [-0.4, -0.2) is 34.1 Å². The molecule has 1 aromatic carbocycles. The van der Waals surface area contributed by atoms with Crippen LogP contribution in [-0.2, 0) is 19.8 Å². The molecule has 0 aliphatic rings. The topological polar surface area (TPSA) is 94.3 Å². The molecule has 0 aliphatic heterocycles. The number of aromatic nitrogens is 7. The van der Waals surface area contributed by atoms with Gasteiger partial charge in [0.25, 0.3) is 0 Å². The van der Waals surface area contributed by atoms with E-state index in [1.807, 2.05) is 19.9 Å². The van der Waals surface area contributed by atoms with Crippen molar-refractivity contribution < 1.29 is 17.6 Å². The number of aromatic amines is 1. The summed E-state index contributed by atoms with van der Waals surface area (Å²) in [6.45, 7) is 3.84. The summed E-state index contributed by atoms with van der Waals surface area (Å²) in [6, 6.07) is 7.60. The van der Waals surface area contributed by atoms with Crippen LogP contribution >= 0.6 is 0 Å². The fraction of sp³-hybridized carbons (Fsp3) is 0.240. The number of nitrogens with one attached hydrogen (secondary N) is 1. The fourth-order valence-electron chi connectivity index (χ4n) is 4.14. The molecule has 4 aromatic heterocycles. The predicted octanol–water partition coefficient (Wildman–Crippen LogP) is 4.91. The molecular formula is C25H21F4N7O. The molecule has 4 heterocycles. The molecule has 0 saturated heterocycles. The molecule has 0 bridgehead atoms. The Hall–Kier alpha value is -4.35. The molecule has 5 aromatic rings. The van der Waals surface area contributed by atoms with Crippen molar-refractivity contribution in [3.05, 3.63) is 82.2 Å². The highest BCUT2D eigenvalue weighted by Gasteiger charge is 2.34. The molecule has 12 heteroatoms. The van der Waals surface area contributed by atoms with E-state index in [1.165, 1.54) is 34.5 Å². The number of halogens is 4. The maximum Gasteiger partial charge on any atom is 0.434 e. The van der Waals surface area contributed by atoms with Crippen molar-refractivity contribution in [2.45, 2.75) is 32.5 Å². The maximum atomic E-state index is 15.1. The molecule has 1 N–H and O–H groups in total. The summed E-state index contributed by atoms with van der Waals surface area (Å²) in [5.74, 6) is -0.235. The lowest BCUT2D eigenvalue weighted by molar-refractivity contribution is -0.140. The van der Waals surface area contributed by atoms with E-state index >= 15 is 4.39 Å². The fourth-order valence-corrected chi connectivity index (χ4v) is 4.14. The number of alkyl halides is 3. The van der Waals surface area contributed by atoms with Gasteiger partial charge in [-0.2, -0.15) is 13.2 Å². The summed E-state index contributed by atoms with van der Waals surface area (Å²) in [5, 5.41) is 0. The Kier molecular flexibility index (Phi) is 5.89. The minimum absolute atomic E-state index is 0.0307. The third kappa shape index (κ3) is 4.50. The van der Waals surface area contributed by atoms with Crippen LogP contribution in [0.5, 0.6) is 0 Å². The molecule has 190 valence electrons. The molecule has 0 fully saturated rings. The number of hydrogen-bond acceptors (Lipinski definition) is 5. The van der Waals surface area contributed by atoms with Crippen LogP contribution in [0.15, 0.2) is 53.7 Å². The zero-order chi connectivity index (χ0) is 26.5. The lowest BCUT2D eigenvalue weighted by Crippen LogP contribution is -2.18. The van der Waals surface area contributed by atoms with Crippen molar-refractivity contribution in [2.75, 3.05) is 0 Å². The van der Waals surface area contributed by atoms with Gasteiger partial charge >= 0.3 is 11.9 Å². The lowest BCUT2D eigenvalue weighted by Gasteiger charge is -2.11. The van der Waals surface area contributed by atoms with Crippen molar-refractivity contribution in [2.24, 2.45) is 7.05 Å². The second kappa shape index (κ2) is 8.95. The molecule has 0 unspecified atom stereocenters. The number of nitrogens with zero attached hydrogens (tertiary/aromatic N) is 6. The van der Waals surface area contributed by atoms with Gasteiger partial charge in [-0.05, 0) is 24.1 Å².